The van der Waals surface area contributed by atoms with Crippen LogP contribution in [0.1, 0.15) is 24.2 Å². The Bertz CT molecular complexity index is 929. The molecule has 0 saturated heterocycles. The summed E-state index contributed by atoms with van der Waals surface area (Å²) in [6.07, 6.45) is 0. The number of amides is 1. The molecule has 3 aromatic rings. The van der Waals surface area contributed by atoms with Crippen molar-refractivity contribution < 1.29 is 13.6 Å². The van der Waals surface area contributed by atoms with E-state index in [1.165, 1.54) is 47.7 Å². The molecule has 0 spiro atoms. The van der Waals surface area contributed by atoms with Gasteiger partial charge < -0.3 is 4.90 Å². The highest BCUT2D eigenvalue weighted by molar-refractivity contribution is 7.22. The van der Waals surface area contributed by atoms with Gasteiger partial charge in [0, 0.05) is 18.7 Å². The monoisotopic (exact) mass is 425 g/mol. The number of nitrogens with zero attached hydrogens (tertiary/aromatic N) is 3. The summed E-state index contributed by atoms with van der Waals surface area (Å²) in [5.74, 6) is -0.976. The van der Waals surface area contributed by atoms with Gasteiger partial charge in [-0.15, -0.1) is 12.4 Å². The number of rotatable bonds is 7. The fourth-order valence-corrected chi connectivity index (χ4v) is 3.83. The van der Waals surface area contributed by atoms with E-state index in [4.69, 9.17) is 0 Å². The minimum absolute atomic E-state index is 0. The molecule has 0 radical (unpaired) electrons. The van der Waals surface area contributed by atoms with E-state index in [2.05, 4.69) is 23.7 Å². The predicted molar refractivity (Wildman–Crippen MR) is 113 cm³/mol. The summed E-state index contributed by atoms with van der Waals surface area (Å²) in [5, 5.41) is 0.511. The number of benzene rings is 2. The summed E-state index contributed by atoms with van der Waals surface area (Å²) in [6.45, 7) is 7.01. The molecule has 1 aromatic heterocycles. The number of likely N-dealkylation sites (N-methyl/N-ethyl adjacent to an activating group) is 1. The van der Waals surface area contributed by atoms with Gasteiger partial charge in [-0.05, 0) is 55.6 Å². The Morgan fingerprint density at radius 2 is 1.64 bits per heavy atom. The first-order valence-corrected chi connectivity index (χ1v) is 9.69. The molecule has 28 heavy (non-hydrogen) atoms. The molecule has 1 heterocycles. The highest BCUT2D eigenvalue weighted by atomic mass is 35.5. The van der Waals surface area contributed by atoms with E-state index in [0.29, 0.717) is 34.0 Å². The molecule has 8 heteroatoms. The van der Waals surface area contributed by atoms with Gasteiger partial charge in [0.1, 0.15) is 11.6 Å². The molecule has 150 valence electrons. The van der Waals surface area contributed by atoms with Crippen LogP contribution in [0.4, 0.5) is 13.9 Å². The lowest BCUT2D eigenvalue weighted by molar-refractivity contribution is 0.0983. The van der Waals surface area contributed by atoms with Crippen LogP contribution in [0, 0.1) is 11.6 Å². The van der Waals surface area contributed by atoms with Gasteiger partial charge in [0.2, 0.25) is 0 Å². The van der Waals surface area contributed by atoms with Crippen LogP contribution in [0.25, 0.3) is 10.2 Å². The first kappa shape index (κ1) is 22.2. The van der Waals surface area contributed by atoms with E-state index in [1.54, 1.807) is 11.0 Å². The highest BCUT2D eigenvalue weighted by Gasteiger charge is 2.22. The Labute approximate surface area is 173 Å². The molecule has 0 aliphatic heterocycles. The van der Waals surface area contributed by atoms with Crippen LogP contribution in [-0.4, -0.2) is 42.0 Å². The van der Waals surface area contributed by atoms with Crippen molar-refractivity contribution in [2.75, 3.05) is 31.1 Å². The predicted octanol–water partition coefficient (Wildman–Crippen LogP) is 4.98. The maximum absolute atomic E-state index is 13.5. The van der Waals surface area contributed by atoms with Crippen molar-refractivity contribution in [3.63, 3.8) is 0 Å². The molecular weight excluding hydrogens is 404 g/mol. The molecular formula is C20H22ClF2N3OS. The summed E-state index contributed by atoms with van der Waals surface area (Å²) in [7, 11) is 0. The average molecular weight is 426 g/mol. The van der Waals surface area contributed by atoms with E-state index in [1.807, 2.05) is 0 Å². The quantitative estimate of drug-likeness (QED) is 0.535. The number of carbonyl (C=O) groups excluding carboxylic acids is 1. The third kappa shape index (κ3) is 5.04. The zero-order valence-corrected chi connectivity index (χ0v) is 17.3. The number of carbonyl (C=O) groups is 1. The number of halogens is 3. The van der Waals surface area contributed by atoms with Crippen molar-refractivity contribution in [2.24, 2.45) is 0 Å². The average Bonchev–Trinajstić information content (AvgIpc) is 3.08. The van der Waals surface area contributed by atoms with Gasteiger partial charge in [0.15, 0.2) is 5.13 Å². The number of hydrogen-bond acceptors (Lipinski definition) is 4. The van der Waals surface area contributed by atoms with E-state index in [0.717, 1.165) is 13.1 Å². The highest BCUT2D eigenvalue weighted by Crippen LogP contribution is 2.30. The van der Waals surface area contributed by atoms with E-state index >= 15 is 0 Å². The van der Waals surface area contributed by atoms with Crippen LogP contribution in [0.15, 0.2) is 42.5 Å². The minimum atomic E-state index is -0.392. The standard InChI is InChI=1S/C20H21F2N3OS.ClH/c1-3-24(4-2)11-12-25(19(26)14-5-7-15(21)8-6-14)20-23-17-10-9-16(22)13-18(17)27-20;/h5-10,13H,3-4,11-12H2,1-2H3;1H. The zero-order chi connectivity index (χ0) is 19.4. The smallest absolute Gasteiger partial charge is 0.260 e. The SMILES string of the molecule is CCN(CC)CCN(C(=O)c1ccc(F)cc1)c1nc2ccc(F)cc2s1.Cl. The Morgan fingerprint density at radius 3 is 2.29 bits per heavy atom. The van der Waals surface area contributed by atoms with Gasteiger partial charge in [0.05, 0.1) is 10.2 Å². The molecule has 0 N–H and O–H groups in total. The number of hydrogen-bond donors (Lipinski definition) is 0. The van der Waals surface area contributed by atoms with Crippen LogP contribution < -0.4 is 4.90 Å². The first-order chi connectivity index (χ1) is 13.0. The van der Waals surface area contributed by atoms with E-state index in [-0.39, 0.29) is 24.1 Å². The van der Waals surface area contributed by atoms with E-state index < -0.39 is 5.82 Å². The van der Waals surface area contributed by atoms with Gasteiger partial charge >= 0.3 is 0 Å². The second-order valence-corrected chi connectivity index (χ2v) is 7.11. The van der Waals surface area contributed by atoms with Crippen molar-refractivity contribution in [2.45, 2.75) is 13.8 Å². The van der Waals surface area contributed by atoms with Crippen LogP contribution in [0.5, 0.6) is 0 Å². The van der Waals surface area contributed by atoms with Crippen LogP contribution >= 0.6 is 23.7 Å². The van der Waals surface area contributed by atoms with Crippen molar-refractivity contribution >= 4 is 45.0 Å². The van der Waals surface area contributed by atoms with Gasteiger partial charge in [0.25, 0.3) is 5.91 Å². The molecule has 0 bridgehead atoms. The normalized spacial score (nSPS) is 10.9. The Balaban J connectivity index is 0.00000280. The number of thiazole rings is 1. The lowest BCUT2D eigenvalue weighted by Gasteiger charge is -2.24. The molecule has 2 aromatic carbocycles. The summed E-state index contributed by atoms with van der Waals surface area (Å²) in [5.41, 5.74) is 1.04. The van der Waals surface area contributed by atoms with Gasteiger partial charge in [-0.25, -0.2) is 13.8 Å². The summed E-state index contributed by atoms with van der Waals surface area (Å²) in [6, 6.07) is 9.85. The largest absolute Gasteiger partial charge is 0.302 e. The van der Waals surface area contributed by atoms with Crippen molar-refractivity contribution in [1.82, 2.24) is 9.88 Å². The third-order valence-corrected chi connectivity index (χ3v) is 5.48. The first-order valence-electron chi connectivity index (χ1n) is 8.87. The number of aromatic nitrogens is 1. The van der Waals surface area contributed by atoms with Crippen molar-refractivity contribution in [3.8, 4) is 0 Å². The number of fused-ring (bicyclic) bond motifs is 1. The minimum Gasteiger partial charge on any atom is -0.302 e. The summed E-state index contributed by atoms with van der Waals surface area (Å²) < 4.78 is 27.4. The molecule has 4 nitrogen and oxygen atoms in total. The molecule has 1 amide bonds. The maximum atomic E-state index is 13.5. The van der Waals surface area contributed by atoms with Crippen LogP contribution in [0.2, 0.25) is 0 Å². The summed E-state index contributed by atoms with van der Waals surface area (Å²) in [4.78, 5) is 21.4. The fraction of sp³-hybridized carbons (Fsp3) is 0.300. The topological polar surface area (TPSA) is 36.4 Å². The van der Waals surface area contributed by atoms with Gasteiger partial charge in [-0.1, -0.05) is 25.2 Å². The Morgan fingerprint density at radius 1 is 1.00 bits per heavy atom. The summed E-state index contributed by atoms with van der Waals surface area (Å²) >= 11 is 1.27. The molecule has 0 aliphatic rings. The van der Waals surface area contributed by atoms with Crippen molar-refractivity contribution in [1.29, 1.82) is 0 Å². The van der Waals surface area contributed by atoms with E-state index in [9.17, 15) is 13.6 Å². The van der Waals surface area contributed by atoms with Gasteiger partial charge in [-0.2, -0.15) is 0 Å². The molecule has 3 rings (SSSR count). The Hall–Kier alpha value is -2.09. The van der Waals surface area contributed by atoms with Crippen LogP contribution in [0.3, 0.4) is 0 Å². The molecule has 0 fully saturated rings. The van der Waals surface area contributed by atoms with Gasteiger partial charge in [-0.3, -0.25) is 9.69 Å². The second kappa shape index (κ2) is 9.91. The molecule has 0 saturated carbocycles. The van der Waals surface area contributed by atoms with Crippen LogP contribution in [-0.2, 0) is 0 Å². The lowest BCUT2D eigenvalue weighted by atomic mass is 10.2. The third-order valence-electron chi connectivity index (χ3n) is 4.44. The Kier molecular flexibility index (Phi) is 7.86. The molecule has 0 unspecified atom stereocenters. The lowest BCUT2D eigenvalue weighted by Crippen LogP contribution is -2.38. The van der Waals surface area contributed by atoms with Crippen molar-refractivity contribution in [3.05, 3.63) is 59.7 Å². The zero-order valence-electron chi connectivity index (χ0n) is 15.7. The molecule has 0 aliphatic carbocycles. The number of anilines is 1. The maximum Gasteiger partial charge on any atom is 0.260 e. The fourth-order valence-electron chi connectivity index (χ4n) is 2.82. The second-order valence-electron chi connectivity index (χ2n) is 6.10. The molecule has 0 atom stereocenters.